The quantitative estimate of drug-likeness (QED) is 0.892. The van der Waals surface area contributed by atoms with Crippen molar-refractivity contribution < 1.29 is 14.0 Å². The van der Waals surface area contributed by atoms with E-state index in [1.165, 1.54) is 24.3 Å². The van der Waals surface area contributed by atoms with Gasteiger partial charge in [-0.15, -0.1) is 0 Å². The highest BCUT2D eigenvalue weighted by Crippen LogP contribution is 2.39. The van der Waals surface area contributed by atoms with Gasteiger partial charge in [0.25, 0.3) is 0 Å². The molecule has 0 heterocycles. The molecule has 118 valence electrons. The van der Waals surface area contributed by atoms with Crippen LogP contribution in [-0.2, 0) is 16.1 Å². The van der Waals surface area contributed by atoms with E-state index in [4.69, 9.17) is 0 Å². The third kappa shape index (κ3) is 3.94. The number of amides is 2. The minimum absolute atomic E-state index is 0.104. The molecule has 0 spiro atoms. The highest BCUT2D eigenvalue weighted by molar-refractivity contribution is 5.99. The van der Waals surface area contributed by atoms with Gasteiger partial charge in [-0.05, 0) is 36.2 Å². The lowest BCUT2D eigenvalue weighted by Crippen LogP contribution is -2.27. The number of hydrogen-bond acceptors (Lipinski definition) is 2. The molecule has 0 aromatic heterocycles. The van der Waals surface area contributed by atoms with E-state index in [0.717, 1.165) is 5.56 Å². The van der Waals surface area contributed by atoms with Crippen molar-refractivity contribution in [2.45, 2.75) is 13.0 Å². The third-order valence-electron chi connectivity index (χ3n) is 3.89. The lowest BCUT2D eigenvalue weighted by molar-refractivity contribution is -0.125. The predicted octanol–water partition coefficient (Wildman–Crippen LogP) is 2.72. The van der Waals surface area contributed by atoms with Crippen LogP contribution in [0.15, 0.2) is 54.6 Å². The van der Waals surface area contributed by atoms with Crippen LogP contribution in [0.3, 0.4) is 0 Å². The van der Waals surface area contributed by atoms with Crippen molar-refractivity contribution in [2.24, 2.45) is 11.8 Å². The number of carbonyl (C=O) groups excluding carboxylic acids is 2. The van der Waals surface area contributed by atoms with Gasteiger partial charge in [0.05, 0.1) is 11.8 Å². The average molecular weight is 312 g/mol. The fourth-order valence-electron chi connectivity index (χ4n) is 2.46. The highest BCUT2D eigenvalue weighted by atomic mass is 19.1. The standard InChI is InChI=1S/C18H17FN2O2/c19-13-6-8-14(9-7-13)21-18(23)16-10-15(16)17(22)20-11-12-4-2-1-3-5-12/h1-9,15-16H,10-11H2,(H,20,22)(H,21,23). The lowest BCUT2D eigenvalue weighted by Gasteiger charge is -2.06. The molecule has 0 radical (unpaired) electrons. The number of halogens is 1. The summed E-state index contributed by atoms with van der Waals surface area (Å²) in [4.78, 5) is 24.1. The lowest BCUT2D eigenvalue weighted by atomic mass is 10.2. The van der Waals surface area contributed by atoms with E-state index in [1.54, 1.807) is 0 Å². The number of anilines is 1. The zero-order chi connectivity index (χ0) is 16.2. The molecule has 2 atom stereocenters. The first-order valence-corrected chi connectivity index (χ1v) is 7.51. The van der Waals surface area contributed by atoms with E-state index in [0.29, 0.717) is 18.7 Å². The van der Waals surface area contributed by atoms with Crippen molar-refractivity contribution in [3.05, 3.63) is 66.0 Å². The molecule has 5 heteroatoms. The first-order chi connectivity index (χ1) is 11.1. The predicted molar refractivity (Wildman–Crippen MR) is 84.9 cm³/mol. The summed E-state index contributed by atoms with van der Waals surface area (Å²) < 4.78 is 12.8. The summed E-state index contributed by atoms with van der Waals surface area (Å²) in [6, 6.07) is 15.2. The molecule has 0 saturated heterocycles. The van der Waals surface area contributed by atoms with Crippen LogP contribution in [0.2, 0.25) is 0 Å². The molecule has 2 aromatic rings. The zero-order valence-corrected chi connectivity index (χ0v) is 12.5. The Hall–Kier alpha value is -2.69. The maximum absolute atomic E-state index is 12.8. The molecule has 2 aromatic carbocycles. The van der Waals surface area contributed by atoms with Gasteiger partial charge in [0.15, 0.2) is 0 Å². The number of benzene rings is 2. The third-order valence-corrected chi connectivity index (χ3v) is 3.89. The van der Waals surface area contributed by atoms with Gasteiger partial charge in [-0.2, -0.15) is 0 Å². The normalized spacial score (nSPS) is 19.0. The van der Waals surface area contributed by atoms with Crippen molar-refractivity contribution >= 4 is 17.5 Å². The largest absolute Gasteiger partial charge is 0.352 e. The maximum atomic E-state index is 12.8. The zero-order valence-electron chi connectivity index (χ0n) is 12.5. The molecule has 1 aliphatic carbocycles. The topological polar surface area (TPSA) is 58.2 Å². The highest BCUT2D eigenvalue weighted by Gasteiger charge is 2.47. The summed E-state index contributed by atoms with van der Waals surface area (Å²) in [7, 11) is 0. The van der Waals surface area contributed by atoms with Gasteiger partial charge in [-0.3, -0.25) is 9.59 Å². The first-order valence-electron chi connectivity index (χ1n) is 7.51. The Balaban J connectivity index is 1.47. The van der Waals surface area contributed by atoms with Crippen molar-refractivity contribution in [2.75, 3.05) is 5.32 Å². The number of rotatable bonds is 5. The average Bonchev–Trinajstić information content (AvgIpc) is 3.36. The van der Waals surface area contributed by atoms with E-state index in [9.17, 15) is 14.0 Å². The second-order valence-corrected chi connectivity index (χ2v) is 5.65. The van der Waals surface area contributed by atoms with Gasteiger partial charge in [0.2, 0.25) is 11.8 Å². The van der Waals surface area contributed by atoms with E-state index in [1.807, 2.05) is 30.3 Å². The fraction of sp³-hybridized carbons (Fsp3) is 0.222. The van der Waals surface area contributed by atoms with Gasteiger partial charge >= 0.3 is 0 Å². The maximum Gasteiger partial charge on any atom is 0.228 e. The van der Waals surface area contributed by atoms with Crippen LogP contribution in [0.1, 0.15) is 12.0 Å². The molecule has 4 nitrogen and oxygen atoms in total. The Morgan fingerprint density at radius 2 is 1.61 bits per heavy atom. The summed E-state index contributed by atoms with van der Waals surface area (Å²) in [6.45, 7) is 0.461. The Kier molecular flexibility index (Phi) is 4.37. The summed E-state index contributed by atoms with van der Waals surface area (Å²) in [5.74, 6) is -1.24. The van der Waals surface area contributed by atoms with Crippen LogP contribution >= 0.6 is 0 Å². The van der Waals surface area contributed by atoms with E-state index < -0.39 is 0 Å². The molecule has 1 saturated carbocycles. The molecule has 2 amide bonds. The minimum Gasteiger partial charge on any atom is -0.352 e. The van der Waals surface area contributed by atoms with Gasteiger partial charge in [0, 0.05) is 12.2 Å². The molecule has 3 rings (SSSR count). The Morgan fingerprint density at radius 3 is 2.30 bits per heavy atom. The van der Waals surface area contributed by atoms with E-state index in [2.05, 4.69) is 10.6 Å². The minimum atomic E-state index is -0.354. The van der Waals surface area contributed by atoms with Crippen molar-refractivity contribution in [1.82, 2.24) is 5.32 Å². The van der Waals surface area contributed by atoms with Crippen molar-refractivity contribution in [1.29, 1.82) is 0 Å². The molecule has 2 N–H and O–H groups in total. The van der Waals surface area contributed by atoms with Crippen LogP contribution in [0.4, 0.5) is 10.1 Å². The Morgan fingerprint density at radius 1 is 0.957 bits per heavy atom. The molecule has 1 fully saturated rings. The van der Waals surface area contributed by atoms with Crippen LogP contribution in [0.5, 0.6) is 0 Å². The fourth-order valence-corrected chi connectivity index (χ4v) is 2.46. The van der Waals surface area contributed by atoms with Crippen molar-refractivity contribution in [3.8, 4) is 0 Å². The molecular weight excluding hydrogens is 295 g/mol. The number of nitrogens with one attached hydrogen (secondary N) is 2. The molecule has 0 aliphatic heterocycles. The first kappa shape index (κ1) is 15.2. The van der Waals surface area contributed by atoms with Gasteiger partial charge < -0.3 is 10.6 Å². The number of carbonyl (C=O) groups is 2. The SMILES string of the molecule is O=C(NCc1ccccc1)C1CC1C(=O)Nc1ccc(F)cc1. The summed E-state index contributed by atoms with van der Waals surface area (Å²) in [5, 5.41) is 5.55. The molecule has 1 aliphatic rings. The molecule has 23 heavy (non-hydrogen) atoms. The van der Waals surface area contributed by atoms with Crippen LogP contribution in [-0.4, -0.2) is 11.8 Å². The molecule has 0 bridgehead atoms. The molecular formula is C18H17FN2O2. The Bertz CT molecular complexity index is 701. The van der Waals surface area contributed by atoms with Crippen LogP contribution in [0, 0.1) is 17.7 Å². The second kappa shape index (κ2) is 6.60. The Labute approximate surface area is 133 Å². The van der Waals surface area contributed by atoms with Gasteiger partial charge in [-0.25, -0.2) is 4.39 Å². The summed E-state index contributed by atoms with van der Waals surface area (Å²) >= 11 is 0. The smallest absolute Gasteiger partial charge is 0.228 e. The number of hydrogen-bond donors (Lipinski definition) is 2. The van der Waals surface area contributed by atoms with Crippen molar-refractivity contribution in [3.63, 3.8) is 0 Å². The summed E-state index contributed by atoms with van der Waals surface area (Å²) in [5.41, 5.74) is 1.56. The van der Waals surface area contributed by atoms with Gasteiger partial charge in [-0.1, -0.05) is 30.3 Å². The second-order valence-electron chi connectivity index (χ2n) is 5.65. The monoisotopic (exact) mass is 312 g/mol. The molecule has 2 unspecified atom stereocenters. The van der Waals surface area contributed by atoms with Crippen LogP contribution in [0.25, 0.3) is 0 Å². The van der Waals surface area contributed by atoms with E-state index >= 15 is 0 Å². The van der Waals surface area contributed by atoms with Crippen LogP contribution < -0.4 is 10.6 Å². The summed E-state index contributed by atoms with van der Waals surface area (Å²) in [6.07, 6.45) is 0.549. The van der Waals surface area contributed by atoms with Gasteiger partial charge in [0.1, 0.15) is 5.82 Å². The van der Waals surface area contributed by atoms with E-state index in [-0.39, 0.29) is 29.5 Å².